The van der Waals surface area contributed by atoms with E-state index in [1.807, 2.05) is 51.1 Å². The molecule has 0 radical (unpaired) electrons. The van der Waals surface area contributed by atoms with Crippen LogP contribution in [0.3, 0.4) is 0 Å². The lowest BCUT2D eigenvalue weighted by molar-refractivity contribution is -0.115. The molecule has 0 bridgehead atoms. The first-order valence-electron chi connectivity index (χ1n) is 9.99. The molecule has 4 rings (SSSR count). The van der Waals surface area contributed by atoms with Gasteiger partial charge in [-0.15, -0.1) is 0 Å². The molecule has 0 saturated carbocycles. The summed E-state index contributed by atoms with van der Waals surface area (Å²) in [6.45, 7) is 5.75. The van der Waals surface area contributed by atoms with Gasteiger partial charge in [-0.2, -0.15) is 9.78 Å². The molecular weight excluding hydrogens is 390 g/mol. The Bertz CT molecular complexity index is 1280. The number of rotatable bonds is 5. The first kappa shape index (κ1) is 20.3. The number of aromatic nitrogens is 3. The maximum absolute atomic E-state index is 12.5. The molecule has 4 aromatic rings. The maximum atomic E-state index is 12.5. The van der Waals surface area contributed by atoms with Crippen LogP contribution in [0.2, 0.25) is 0 Å². The normalized spacial score (nSPS) is 10.8. The van der Waals surface area contributed by atoms with Crippen LogP contribution in [-0.4, -0.2) is 33.1 Å². The topological polar surface area (TPSA) is 88.9 Å². The standard InChI is InChI=1S/C24H23N5O2/c1-15-8-7-11-19-16(2)12-20(27-23(15)19)29-21(13-17(3)28-29)26-22(30)14-25-24(31)18-9-5-4-6-10-18/h4-13H,14H2,1-3H3,(H,25,31)(H,26,30). The molecule has 0 unspecified atom stereocenters. The molecule has 2 aromatic carbocycles. The summed E-state index contributed by atoms with van der Waals surface area (Å²) in [5.41, 5.74) is 4.29. The number of aryl methyl sites for hydroxylation is 3. The molecule has 7 heteroatoms. The SMILES string of the molecule is Cc1cc(NC(=O)CNC(=O)c2ccccc2)n(-c2cc(C)c3cccc(C)c3n2)n1. The molecule has 0 aliphatic carbocycles. The van der Waals surface area contributed by atoms with E-state index in [0.29, 0.717) is 17.2 Å². The van der Waals surface area contributed by atoms with Crippen molar-refractivity contribution in [2.24, 2.45) is 0 Å². The van der Waals surface area contributed by atoms with Gasteiger partial charge >= 0.3 is 0 Å². The smallest absolute Gasteiger partial charge is 0.251 e. The van der Waals surface area contributed by atoms with Crippen molar-refractivity contribution in [3.05, 3.63) is 83.0 Å². The van der Waals surface area contributed by atoms with Crippen molar-refractivity contribution in [3.8, 4) is 5.82 Å². The summed E-state index contributed by atoms with van der Waals surface area (Å²) in [7, 11) is 0. The lowest BCUT2D eigenvalue weighted by atomic mass is 10.1. The quantitative estimate of drug-likeness (QED) is 0.522. The van der Waals surface area contributed by atoms with E-state index in [1.165, 1.54) is 0 Å². The van der Waals surface area contributed by atoms with Crippen LogP contribution in [0.1, 0.15) is 27.2 Å². The third kappa shape index (κ3) is 4.30. The van der Waals surface area contributed by atoms with Crippen LogP contribution in [0.15, 0.2) is 60.7 Å². The Morgan fingerprint density at radius 1 is 0.935 bits per heavy atom. The van der Waals surface area contributed by atoms with Crippen LogP contribution in [0.5, 0.6) is 0 Å². The van der Waals surface area contributed by atoms with Crippen molar-refractivity contribution in [2.45, 2.75) is 20.8 Å². The molecule has 2 N–H and O–H groups in total. The Morgan fingerprint density at radius 2 is 1.71 bits per heavy atom. The first-order valence-corrected chi connectivity index (χ1v) is 9.99. The number of nitrogens with one attached hydrogen (secondary N) is 2. The monoisotopic (exact) mass is 413 g/mol. The predicted molar refractivity (Wildman–Crippen MR) is 120 cm³/mol. The summed E-state index contributed by atoms with van der Waals surface area (Å²) in [5.74, 6) is 0.467. The van der Waals surface area contributed by atoms with Gasteiger partial charge in [0.2, 0.25) is 5.91 Å². The molecule has 0 aliphatic heterocycles. The van der Waals surface area contributed by atoms with Crippen LogP contribution < -0.4 is 10.6 Å². The fraction of sp³-hybridized carbons (Fsp3) is 0.167. The zero-order chi connectivity index (χ0) is 22.0. The van der Waals surface area contributed by atoms with E-state index >= 15 is 0 Å². The summed E-state index contributed by atoms with van der Waals surface area (Å²) >= 11 is 0. The number of carbonyl (C=O) groups is 2. The van der Waals surface area contributed by atoms with Gasteiger partial charge in [-0.05, 0) is 50.1 Å². The molecule has 2 heterocycles. The van der Waals surface area contributed by atoms with Crippen LogP contribution in [0.25, 0.3) is 16.7 Å². The summed E-state index contributed by atoms with van der Waals surface area (Å²) in [6.07, 6.45) is 0. The van der Waals surface area contributed by atoms with Crippen molar-refractivity contribution in [1.82, 2.24) is 20.1 Å². The Labute approximate surface area is 180 Å². The van der Waals surface area contributed by atoms with E-state index in [4.69, 9.17) is 4.98 Å². The third-order valence-electron chi connectivity index (χ3n) is 5.00. The average molecular weight is 413 g/mol. The molecule has 0 atom stereocenters. The minimum atomic E-state index is -0.348. The second-order valence-electron chi connectivity index (χ2n) is 7.45. The lowest BCUT2D eigenvalue weighted by Crippen LogP contribution is -2.33. The Balaban J connectivity index is 1.55. The van der Waals surface area contributed by atoms with Crippen LogP contribution in [0.4, 0.5) is 5.82 Å². The van der Waals surface area contributed by atoms with E-state index in [2.05, 4.69) is 15.7 Å². The molecule has 0 aliphatic rings. The molecule has 0 spiro atoms. The third-order valence-corrected chi connectivity index (χ3v) is 5.00. The molecule has 7 nitrogen and oxygen atoms in total. The van der Waals surface area contributed by atoms with Crippen molar-refractivity contribution in [1.29, 1.82) is 0 Å². The zero-order valence-corrected chi connectivity index (χ0v) is 17.6. The van der Waals surface area contributed by atoms with Gasteiger partial charge in [-0.1, -0.05) is 36.4 Å². The number of hydrogen-bond donors (Lipinski definition) is 2. The Hall–Kier alpha value is -4.00. The number of benzene rings is 2. The number of nitrogens with zero attached hydrogens (tertiary/aromatic N) is 3. The van der Waals surface area contributed by atoms with Crippen molar-refractivity contribution in [2.75, 3.05) is 11.9 Å². The number of para-hydroxylation sites is 1. The maximum Gasteiger partial charge on any atom is 0.251 e. The summed E-state index contributed by atoms with van der Waals surface area (Å²) in [6, 6.07) is 18.6. The van der Waals surface area contributed by atoms with Gasteiger partial charge in [-0.3, -0.25) is 9.59 Å². The fourth-order valence-electron chi connectivity index (χ4n) is 3.45. The van der Waals surface area contributed by atoms with E-state index in [0.717, 1.165) is 27.7 Å². The van der Waals surface area contributed by atoms with E-state index in [1.54, 1.807) is 35.0 Å². The van der Waals surface area contributed by atoms with Crippen LogP contribution in [0, 0.1) is 20.8 Å². The van der Waals surface area contributed by atoms with E-state index < -0.39 is 0 Å². The molecule has 2 amide bonds. The molecule has 31 heavy (non-hydrogen) atoms. The van der Waals surface area contributed by atoms with Gasteiger partial charge < -0.3 is 10.6 Å². The number of pyridine rings is 1. The highest BCUT2D eigenvalue weighted by Gasteiger charge is 2.15. The van der Waals surface area contributed by atoms with Gasteiger partial charge in [0.25, 0.3) is 5.91 Å². The molecule has 0 saturated heterocycles. The first-order chi connectivity index (χ1) is 14.9. The van der Waals surface area contributed by atoms with Gasteiger partial charge in [0.1, 0.15) is 5.82 Å². The summed E-state index contributed by atoms with van der Waals surface area (Å²) in [5, 5.41) is 11.0. The molecule has 156 valence electrons. The highest BCUT2D eigenvalue weighted by Crippen LogP contribution is 2.24. The Kier molecular flexibility index (Phi) is 5.49. The van der Waals surface area contributed by atoms with Crippen molar-refractivity contribution in [3.63, 3.8) is 0 Å². The fourth-order valence-corrected chi connectivity index (χ4v) is 3.45. The summed E-state index contributed by atoms with van der Waals surface area (Å²) in [4.78, 5) is 29.4. The average Bonchev–Trinajstić information content (AvgIpc) is 3.13. The van der Waals surface area contributed by atoms with Gasteiger partial charge in [0, 0.05) is 17.0 Å². The minimum Gasteiger partial charge on any atom is -0.343 e. The number of hydrogen-bond acceptors (Lipinski definition) is 4. The number of amides is 2. The van der Waals surface area contributed by atoms with Crippen LogP contribution >= 0.6 is 0 Å². The van der Waals surface area contributed by atoms with Gasteiger partial charge in [-0.25, -0.2) is 4.98 Å². The van der Waals surface area contributed by atoms with Gasteiger partial charge in [0.15, 0.2) is 5.82 Å². The second-order valence-corrected chi connectivity index (χ2v) is 7.45. The minimum absolute atomic E-state index is 0.152. The van der Waals surface area contributed by atoms with Crippen LogP contribution in [-0.2, 0) is 4.79 Å². The molecular formula is C24H23N5O2. The number of fused-ring (bicyclic) bond motifs is 1. The van der Waals surface area contributed by atoms with Crippen molar-refractivity contribution < 1.29 is 9.59 Å². The largest absolute Gasteiger partial charge is 0.343 e. The molecule has 0 fully saturated rings. The predicted octanol–water partition coefficient (Wildman–Crippen LogP) is 3.71. The molecule has 2 aromatic heterocycles. The van der Waals surface area contributed by atoms with E-state index in [9.17, 15) is 9.59 Å². The number of anilines is 1. The van der Waals surface area contributed by atoms with Crippen molar-refractivity contribution >= 4 is 28.5 Å². The zero-order valence-electron chi connectivity index (χ0n) is 17.6. The summed E-state index contributed by atoms with van der Waals surface area (Å²) < 4.78 is 1.62. The second kappa shape index (κ2) is 8.39. The highest BCUT2D eigenvalue weighted by molar-refractivity contribution is 5.99. The highest BCUT2D eigenvalue weighted by atomic mass is 16.2. The number of carbonyl (C=O) groups excluding carboxylic acids is 2. The lowest BCUT2D eigenvalue weighted by Gasteiger charge is -2.12. The van der Waals surface area contributed by atoms with Gasteiger partial charge in [0.05, 0.1) is 17.8 Å². The van der Waals surface area contributed by atoms with E-state index in [-0.39, 0.29) is 18.4 Å². The Morgan fingerprint density at radius 3 is 2.48 bits per heavy atom.